The van der Waals surface area contributed by atoms with Gasteiger partial charge in [0.15, 0.2) is 0 Å². The Hall–Kier alpha value is -2.13. The van der Waals surface area contributed by atoms with E-state index in [1.54, 1.807) is 0 Å². The maximum Gasteiger partial charge on any atom is 0.232 e. The Morgan fingerprint density at radius 1 is 1.15 bits per heavy atom. The van der Waals surface area contributed by atoms with Gasteiger partial charge in [0.25, 0.3) is 0 Å². The van der Waals surface area contributed by atoms with E-state index < -0.39 is 0 Å². The molecule has 3 nitrogen and oxygen atoms in total. The third-order valence-corrected chi connectivity index (χ3v) is 3.70. The second-order valence-electron chi connectivity index (χ2n) is 4.78. The number of aromatic nitrogens is 2. The van der Waals surface area contributed by atoms with Gasteiger partial charge in [-0.15, -0.1) is 0 Å². The lowest BCUT2D eigenvalue weighted by molar-refractivity contribution is 0.652. The van der Waals surface area contributed by atoms with Crippen LogP contribution in [-0.2, 0) is 0 Å². The van der Waals surface area contributed by atoms with Crippen molar-refractivity contribution in [3.8, 4) is 0 Å². The fourth-order valence-electron chi connectivity index (χ4n) is 2.63. The van der Waals surface area contributed by atoms with Crippen molar-refractivity contribution >= 4 is 39.2 Å². The summed E-state index contributed by atoms with van der Waals surface area (Å²) < 4.78 is 5.78. The zero-order valence-electron chi connectivity index (χ0n) is 10.6. The van der Waals surface area contributed by atoms with Crippen LogP contribution in [0.4, 0.5) is 0 Å². The second-order valence-corrected chi connectivity index (χ2v) is 5.12. The average Bonchev–Trinajstić information content (AvgIpc) is 2.85. The highest BCUT2D eigenvalue weighted by molar-refractivity contribution is 6.29. The Labute approximate surface area is 120 Å². The highest BCUT2D eigenvalue weighted by atomic mass is 35.5. The highest BCUT2D eigenvalue weighted by Crippen LogP contribution is 2.35. The van der Waals surface area contributed by atoms with Crippen molar-refractivity contribution in [2.75, 3.05) is 0 Å². The normalized spacial score (nSPS) is 14.9. The zero-order chi connectivity index (χ0) is 13.5. The fourth-order valence-corrected chi connectivity index (χ4v) is 2.79. The summed E-state index contributed by atoms with van der Waals surface area (Å²) in [5.41, 5.74) is 3.42. The molecule has 20 heavy (non-hydrogen) atoms. The van der Waals surface area contributed by atoms with Crippen LogP contribution < -0.4 is 0 Å². The summed E-state index contributed by atoms with van der Waals surface area (Å²) >= 11 is 6.04. The van der Waals surface area contributed by atoms with Crippen molar-refractivity contribution in [1.29, 1.82) is 0 Å². The Morgan fingerprint density at radius 3 is 2.90 bits per heavy atom. The molecule has 98 valence electrons. The molecule has 1 aliphatic carbocycles. The molecule has 2 heterocycles. The van der Waals surface area contributed by atoms with E-state index >= 15 is 0 Å². The van der Waals surface area contributed by atoms with Crippen molar-refractivity contribution in [2.45, 2.75) is 12.8 Å². The summed E-state index contributed by atoms with van der Waals surface area (Å²) in [4.78, 5) is 8.65. The average molecular weight is 283 g/mol. The molecule has 4 heteroatoms. The first-order chi connectivity index (χ1) is 9.83. The van der Waals surface area contributed by atoms with Gasteiger partial charge in [0.2, 0.25) is 11.0 Å². The van der Waals surface area contributed by atoms with Gasteiger partial charge < -0.3 is 4.42 Å². The summed E-state index contributed by atoms with van der Waals surface area (Å²) in [6.45, 7) is 0. The maximum absolute atomic E-state index is 6.04. The molecule has 0 spiro atoms. The number of para-hydroxylation sites is 1. The molecular formula is C16H11ClN2O. The van der Waals surface area contributed by atoms with Crippen LogP contribution >= 0.6 is 11.6 Å². The minimum Gasteiger partial charge on any atom is -0.438 e. The minimum absolute atomic E-state index is 0.224. The summed E-state index contributed by atoms with van der Waals surface area (Å²) in [5.74, 6) is 0. The number of nitrogens with zero attached hydrogens (tertiary/aromatic N) is 2. The fraction of sp³-hybridized carbons (Fsp3) is 0.125. The number of halogens is 1. The second kappa shape index (κ2) is 4.46. The van der Waals surface area contributed by atoms with Gasteiger partial charge in [-0.1, -0.05) is 36.4 Å². The van der Waals surface area contributed by atoms with Crippen LogP contribution in [0.25, 0.3) is 27.6 Å². The van der Waals surface area contributed by atoms with Crippen molar-refractivity contribution in [2.24, 2.45) is 0 Å². The largest absolute Gasteiger partial charge is 0.438 e. The molecule has 2 aromatic heterocycles. The molecule has 0 atom stereocenters. The molecule has 4 rings (SSSR count). The van der Waals surface area contributed by atoms with Crippen LogP contribution in [0.2, 0.25) is 5.28 Å². The molecule has 1 aliphatic rings. The van der Waals surface area contributed by atoms with E-state index in [2.05, 4.69) is 28.2 Å². The van der Waals surface area contributed by atoms with E-state index in [1.165, 1.54) is 5.57 Å². The molecule has 0 fully saturated rings. The van der Waals surface area contributed by atoms with Crippen molar-refractivity contribution in [3.05, 3.63) is 53.5 Å². The van der Waals surface area contributed by atoms with Crippen LogP contribution in [-0.4, -0.2) is 9.97 Å². The zero-order valence-corrected chi connectivity index (χ0v) is 11.4. The smallest absolute Gasteiger partial charge is 0.232 e. The molecule has 0 aliphatic heterocycles. The maximum atomic E-state index is 6.04. The number of benzene rings is 1. The Morgan fingerprint density at radius 2 is 2.05 bits per heavy atom. The number of fused-ring (bicyclic) bond motifs is 3. The van der Waals surface area contributed by atoms with Gasteiger partial charge in [0, 0.05) is 5.39 Å². The molecule has 1 aromatic carbocycles. The number of furan rings is 1. The molecule has 0 bridgehead atoms. The van der Waals surface area contributed by atoms with Crippen LogP contribution in [0, 0.1) is 0 Å². The van der Waals surface area contributed by atoms with E-state index in [1.807, 2.05) is 24.3 Å². The third-order valence-electron chi connectivity index (χ3n) is 3.53. The molecule has 0 saturated carbocycles. The first-order valence-corrected chi connectivity index (χ1v) is 6.91. The summed E-state index contributed by atoms with van der Waals surface area (Å²) in [6, 6.07) is 7.90. The number of hydrogen-bond acceptors (Lipinski definition) is 3. The Kier molecular flexibility index (Phi) is 2.60. The summed E-state index contributed by atoms with van der Waals surface area (Å²) in [5, 5.41) is 2.21. The van der Waals surface area contributed by atoms with Gasteiger partial charge in [0.1, 0.15) is 5.58 Å². The molecule has 3 aromatic rings. The highest BCUT2D eigenvalue weighted by Gasteiger charge is 2.17. The molecule has 0 amide bonds. The molecule has 0 unspecified atom stereocenters. The van der Waals surface area contributed by atoms with E-state index in [9.17, 15) is 0 Å². The SMILES string of the molecule is Clc1nc(C2=CC=CCC2)c2c(n1)oc1ccccc12. The number of rotatable bonds is 1. The lowest BCUT2D eigenvalue weighted by atomic mass is 9.99. The quantitative estimate of drug-likeness (QED) is 0.604. The number of allylic oxidation sites excluding steroid dienone is 4. The van der Waals surface area contributed by atoms with Gasteiger partial charge in [-0.2, -0.15) is 4.98 Å². The van der Waals surface area contributed by atoms with E-state index in [-0.39, 0.29) is 5.28 Å². The van der Waals surface area contributed by atoms with Crippen molar-refractivity contribution < 1.29 is 4.42 Å². The minimum atomic E-state index is 0.224. The molecule has 0 N–H and O–H groups in total. The summed E-state index contributed by atoms with van der Waals surface area (Å²) in [6.07, 6.45) is 8.27. The van der Waals surface area contributed by atoms with Crippen LogP contribution in [0.3, 0.4) is 0 Å². The molecular weight excluding hydrogens is 272 g/mol. The van der Waals surface area contributed by atoms with E-state index in [0.717, 1.165) is 34.9 Å². The Balaban J connectivity index is 2.12. The van der Waals surface area contributed by atoms with Crippen molar-refractivity contribution in [3.63, 3.8) is 0 Å². The lowest BCUT2D eigenvalue weighted by Gasteiger charge is -2.09. The third kappa shape index (κ3) is 1.74. The predicted octanol–water partition coefficient (Wildman–Crippen LogP) is 4.76. The van der Waals surface area contributed by atoms with Crippen molar-refractivity contribution in [1.82, 2.24) is 9.97 Å². The van der Waals surface area contributed by atoms with Gasteiger partial charge in [-0.25, -0.2) is 4.98 Å². The van der Waals surface area contributed by atoms with Crippen LogP contribution in [0.1, 0.15) is 18.5 Å². The van der Waals surface area contributed by atoms with Crippen LogP contribution in [0.5, 0.6) is 0 Å². The van der Waals surface area contributed by atoms with E-state index in [4.69, 9.17) is 16.0 Å². The molecule has 0 radical (unpaired) electrons. The molecule has 0 saturated heterocycles. The Bertz CT molecular complexity index is 877. The van der Waals surface area contributed by atoms with E-state index in [0.29, 0.717) is 5.71 Å². The van der Waals surface area contributed by atoms with Gasteiger partial charge in [-0.05, 0) is 36.1 Å². The topological polar surface area (TPSA) is 38.9 Å². The first-order valence-electron chi connectivity index (χ1n) is 6.54. The van der Waals surface area contributed by atoms with Gasteiger partial charge >= 0.3 is 0 Å². The van der Waals surface area contributed by atoms with Gasteiger partial charge in [0.05, 0.1) is 11.1 Å². The van der Waals surface area contributed by atoms with Crippen LogP contribution in [0.15, 0.2) is 46.9 Å². The standard InChI is InChI=1S/C16H11ClN2O/c17-16-18-14(10-6-2-1-3-7-10)13-11-8-4-5-9-12(11)20-15(13)19-16/h1-2,4-6,8-9H,3,7H2. The monoisotopic (exact) mass is 282 g/mol. The number of hydrogen-bond donors (Lipinski definition) is 0. The van der Waals surface area contributed by atoms with Gasteiger partial charge in [-0.3, -0.25) is 0 Å². The lowest BCUT2D eigenvalue weighted by Crippen LogP contribution is -1.95. The predicted molar refractivity (Wildman–Crippen MR) is 80.7 cm³/mol. The summed E-state index contributed by atoms with van der Waals surface area (Å²) in [7, 11) is 0. The first kappa shape index (κ1) is 11.7.